The Hall–Kier alpha value is -1.48. The number of rotatable bonds is 7. The molecule has 94 valence electrons. The second kappa shape index (κ2) is 6.97. The highest BCUT2D eigenvalue weighted by molar-refractivity contribution is 5.37. The van der Waals surface area contributed by atoms with Gasteiger partial charge in [0.15, 0.2) is 0 Å². The molecule has 0 saturated heterocycles. The Balaban J connectivity index is 2.41. The number of aryl methyl sites for hydroxylation is 1. The monoisotopic (exact) mass is 235 g/mol. The Morgan fingerprint density at radius 2 is 2.29 bits per heavy atom. The smallest absolute Gasteiger partial charge is 0.120 e. The fraction of sp³-hybridized carbons (Fsp3) is 0.429. The number of phenolic OH excluding ortho intramolecular Hbond substituents is 1. The van der Waals surface area contributed by atoms with E-state index >= 15 is 0 Å². The van der Waals surface area contributed by atoms with Gasteiger partial charge < -0.3 is 15.2 Å². The maximum absolute atomic E-state index is 9.82. The summed E-state index contributed by atoms with van der Waals surface area (Å²) < 4.78 is 5.03. The van der Waals surface area contributed by atoms with Crippen molar-refractivity contribution in [3.63, 3.8) is 0 Å². The van der Waals surface area contributed by atoms with Crippen molar-refractivity contribution in [1.82, 2.24) is 5.32 Å². The third-order valence-electron chi connectivity index (χ3n) is 2.66. The molecule has 1 atom stereocenters. The summed E-state index contributed by atoms with van der Waals surface area (Å²) in [5.74, 6) is 0.354. The van der Waals surface area contributed by atoms with Crippen molar-refractivity contribution in [2.45, 2.75) is 26.3 Å². The van der Waals surface area contributed by atoms with Gasteiger partial charge in [0.1, 0.15) is 5.75 Å². The SMILES string of the molecule is C=COCCCNC(C)c1ccc(C)cc1O. The van der Waals surface area contributed by atoms with Gasteiger partial charge in [0.05, 0.1) is 12.9 Å². The number of hydrogen-bond donors (Lipinski definition) is 2. The molecule has 1 unspecified atom stereocenters. The number of ether oxygens (including phenoxy) is 1. The molecule has 1 aromatic rings. The van der Waals surface area contributed by atoms with Crippen molar-refractivity contribution in [1.29, 1.82) is 0 Å². The van der Waals surface area contributed by atoms with Crippen molar-refractivity contribution < 1.29 is 9.84 Å². The van der Waals surface area contributed by atoms with Gasteiger partial charge in [-0.15, -0.1) is 0 Å². The Kier molecular flexibility index (Phi) is 5.57. The minimum absolute atomic E-state index is 0.138. The minimum Gasteiger partial charge on any atom is -0.508 e. The van der Waals surface area contributed by atoms with Gasteiger partial charge >= 0.3 is 0 Å². The van der Waals surface area contributed by atoms with Gasteiger partial charge in [-0.2, -0.15) is 0 Å². The van der Waals surface area contributed by atoms with E-state index in [0.29, 0.717) is 12.4 Å². The van der Waals surface area contributed by atoms with Crippen LogP contribution in [0.1, 0.15) is 30.5 Å². The lowest BCUT2D eigenvalue weighted by Gasteiger charge is -2.15. The molecule has 17 heavy (non-hydrogen) atoms. The van der Waals surface area contributed by atoms with Crippen molar-refractivity contribution in [2.24, 2.45) is 0 Å². The van der Waals surface area contributed by atoms with Crippen LogP contribution < -0.4 is 5.32 Å². The van der Waals surface area contributed by atoms with Gasteiger partial charge in [-0.25, -0.2) is 0 Å². The van der Waals surface area contributed by atoms with Crippen LogP contribution in [0.4, 0.5) is 0 Å². The van der Waals surface area contributed by atoms with E-state index in [0.717, 1.165) is 24.1 Å². The molecule has 0 aromatic heterocycles. The lowest BCUT2D eigenvalue weighted by Crippen LogP contribution is -2.20. The molecule has 0 radical (unpaired) electrons. The largest absolute Gasteiger partial charge is 0.508 e. The average Bonchev–Trinajstić information content (AvgIpc) is 2.28. The van der Waals surface area contributed by atoms with Crippen LogP contribution >= 0.6 is 0 Å². The highest BCUT2D eigenvalue weighted by Crippen LogP contribution is 2.24. The van der Waals surface area contributed by atoms with Crippen LogP contribution in [0.25, 0.3) is 0 Å². The van der Waals surface area contributed by atoms with E-state index in [2.05, 4.69) is 11.9 Å². The lowest BCUT2D eigenvalue weighted by atomic mass is 10.1. The number of hydrogen-bond acceptors (Lipinski definition) is 3. The van der Waals surface area contributed by atoms with Gasteiger partial charge in [-0.05, 0) is 38.4 Å². The molecule has 0 spiro atoms. The Morgan fingerprint density at radius 1 is 1.53 bits per heavy atom. The summed E-state index contributed by atoms with van der Waals surface area (Å²) in [7, 11) is 0. The normalized spacial score (nSPS) is 12.1. The predicted octanol–water partition coefficient (Wildman–Crippen LogP) is 2.90. The van der Waals surface area contributed by atoms with E-state index in [9.17, 15) is 5.11 Å². The second-order valence-electron chi connectivity index (χ2n) is 4.13. The van der Waals surface area contributed by atoms with E-state index in [1.54, 1.807) is 6.07 Å². The summed E-state index contributed by atoms with van der Waals surface area (Å²) >= 11 is 0. The summed E-state index contributed by atoms with van der Waals surface area (Å²) in [5.41, 5.74) is 2.00. The fourth-order valence-electron chi connectivity index (χ4n) is 1.69. The van der Waals surface area contributed by atoms with Gasteiger partial charge in [0.25, 0.3) is 0 Å². The molecule has 0 saturated carbocycles. The van der Waals surface area contributed by atoms with Gasteiger partial charge in [-0.3, -0.25) is 0 Å². The topological polar surface area (TPSA) is 41.5 Å². The second-order valence-corrected chi connectivity index (χ2v) is 4.13. The van der Waals surface area contributed by atoms with Crippen LogP contribution in [0.5, 0.6) is 5.75 Å². The van der Waals surface area contributed by atoms with E-state index in [4.69, 9.17) is 4.74 Å². The summed E-state index contributed by atoms with van der Waals surface area (Å²) in [6.07, 6.45) is 2.37. The minimum atomic E-state index is 0.138. The standard InChI is InChI=1S/C14H21NO2/c1-4-17-9-5-8-15-12(3)13-7-6-11(2)10-14(13)16/h4,6-7,10,12,15-16H,1,5,8-9H2,2-3H3. The number of benzene rings is 1. The van der Waals surface area contributed by atoms with Crippen molar-refractivity contribution in [3.05, 3.63) is 42.2 Å². The Labute approximate surface area is 103 Å². The first kappa shape index (κ1) is 13.6. The average molecular weight is 235 g/mol. The molecule has 0 aliphatic carbocycles. The van der Waals surface area contributed by atoms with Gasteiger partial charge in [-0.1, -0.05) is 18.7 Å². The number of aromatic hydroxyl groups is 1. The maximum Gasteiger partial charge on any atom is 0.120 e. The first-order valence-electron chi connectivity index (χ1n) is 5.90. The summed E-state index contributed by atoms with van der Waals surface area (Å²) in [4.78, 5) is 0. The molecule has 2 N–H and O–H groups in total. The number of nitrogens with one attached hydrogen (secondary N) is 1. The molecule has 3 heteroatoms. The first-order valence-corrected chi connectivity index (χ1v) is 5.90. The van der Waals surface area contributed by atoms with Gasteiger partial charge in [0.2, 0.25) is 0 Å². The summed E-state index contributed by atoms with van der Waals surface area (Å²) in [5, 5.41) is 13.2. The molecule has 0 heterocycles. The highest BCUT2D eigenvalue weighted by Gasteiger charge is 2.09. The molecule has 0 amide bonds. The zero-order valence-corrected chi connectivity index (χ0v) is 10.6. The van der Waals surface area contributed by atoms with Crippen LogP contribution in [0.2, 0.25) is 0 Å². The summed E-state index contributed by atoms with van der Waals surface area (Å²) in [6, 6.07) is 5.89. The third-order valence-corrected chi connectivity index (χ3v) is 2.66. The Bertz CT molecular complexity index is 363. The van der Waals surface area contributed by atoms with Crippen LogP contribution in [0.3, 0.4) is 0 Å². The van der Waals surface area contributed by atoms with Gasteiger partial charge in [0, 0.05) is 11.6 Å². The lowest BCUT2D eigenvalue weighted by molar-refractivity contribution is 0.243. The highest BCUT2D eigenvalue weighted by atomic mass is 16.5. The molecule has 1 rings (SSSR count). The van der Waals surface area contributed by atoms with Crippen LogP contribution in [0.15, 0.2) is 31.0 Å². The molecule has 0 aliphatic rings. The zero-order chi connectivity index (χ0) is 12.7. The molecule has 1 aromatic carbocycles. The number of phenols is 1. The van der Waals surface area contributed by atoms with Crippen LogP contribution in [0, 0.1) is 6.92 Å². The van der Waals surface area contributed by atoms with Crippen molar-refractivity contribution in [3.8, 4) is 5.75 Å². The molecule has 0 aliphatic heterocycles. The zero-order valence-electron chi connectivity index (χ0n) is 10.6. The fourth-order valence-corrected chi connectivity index (χ4v) is 1.69. The summed E-state index contributed by atoms with van der Waals surface area (Å²) in [6.45, 7) is 9.01. The predicted molar refractivity (Wildman–Crippen MR) is 70.0 cm³/mol. The molecule has 0 bridgehead atoms. The van der Waals surface area contributed by atoms with Crippen molar-refractivity contribution in [2.75, 3.05) is 13.2 Å². The molecular weight excluding hydrogens is 214 g/mol. The van der Waals surface area contributed by atoms with Crippen molar-refractivity contribution >= 4 is 0 Å². The maximum atomic E-state index is 9.82. The molecule has 3 nitrogen and oxygen atoms in total. The quantitative estimate of drug-likeness (QED) is 0.564. The first-order chi connectivity index (χ1) is 8.15. The molecule has 0 fully saturated rings. The van der Waals surface area contributed by atoms with E-state index in [1.165, 1.54) is 6.26 Å². The third kappa shape index (κ3) is 4.49. The van der Waals surface area contributed by atoms with E-state index in [1.807, 2.05) is 26.0 Å². The molecular formula is C14H21NO2. The van der Waals surface area contributed by atoms with E-state index in [-0.39, 0.29) is 6.04 Å². The Morgan fingerprint density at radius 3 is 2.94 bits per heavy atom. The van der Waals surface area contributed by atoms with E-state index < -0.39 is 0 Å². The van der Waals surface area contributed by atoms with Crippen LogP contribution in [-0.4, -0.2) is 18.3 Å². The van der Waals surface area contributed by atoms with Crippen LogP contribution in [-0.2, 0) is 4.74 Å².